The maximum Gasteiger partial charge on any atom is 0.0574 e. The summed E-state index contributed by atoms with van der Waals surface area (Å²) in [6.45, 7) is 5.92. The number of hydrogen-bond acceptors (Lipinski definition) is 2. The smallest absolute Gasteiger partial charge is 0.0574 e. The Bertz CT molecular complexity index is 341. The lowest BCUT2D eigenvalue weighted by atomic mass is 10.2. The summed E-state index contributed by atoms with van der Waals surface area (Å²) in [6, 6.07) is 8.57. The van der Waals surface area contributed by atoms with Crippen molar-refractivity contribution in [2.45, 2.75) is 24.0 Å². The van der Waals surface area contributed by atoms with Crippen molar-refractivity contribution in [2.24, 2.45) is 0 Å². The average molecular weight is 219 g/mol. The Morgan fingerprint density at radius 2 is 2.33 bits per heavy atom. The number of aryl methyl sites for hydroxylation is 1. The van der Waals surface area contributed by atoms with Crippen LogP contribution >= 0.6 is 11.8 Å². The first-order chi connectivity index (χ1) is 7.22. The van der Waals surface area contributed by atoms with Crippen LogP contribution in [0, 0.1) is 19.3 Å². The predicted molar refractivity (Wildman–Crippen MR) is 68.2 cm³/mol. The SMILES string of the molecule is C#CCNCC(C)Sc1cccc(C)c1. The fourth-order valence-corrected chi connectivity index (χ4v) is 2.39. The molecule has 1 unspecified atom stereocenters. The van der Waals surface area contributed by atoms with Crippen molar-refractivity contribution in [3.05, 3.63) is 29.8 Å². The van der Waals surface area contributed by atoms with E-state index in [1.807, 2.05) is 11.8 Å². The summed E-state index contributed by atoms with van der Waals surface area (Å²) in [6.07, 6.45) is 5.17. The predicted octanol–water partition coefficient (Wildman–Crippen LogP) is 2.70. The van der Waals surface area contributed by atoms with E-state index in [-0.39, 0.29) is 0 Å². The van der Waals surface area contributed by atoms with E-state index >= 15 is 0 Å². The molecular formula is C13H17NS. The van der Waals surface area contributed by atoms with Crippen LogP contribution in [0.2, 0.25) is 0 Å². The monoisotopic (exact) mass is 219 g/mol. The van der Waals surface area contributed by atoms with Crippen molar-refractivity contribution in [1.82, 2.24) is 5.32 Å². The minimum Gasteiger partial charge on any atom is -0.305 e. The number of nitrogens with one attached hydrogen (secondary N) is 1. The number of benzene rings is 1. The van der Waals surface area contributed by atoms with Gasteiger partial charge in [-0.1, -0.05) is 30.5 Å². The number of terminal acetylenes is 1. The van der Waals surface area contributed by atoms with Crippen molar-refractivity contribution < 1.29 is 0 Å². The van der Waals surface area contributed by atoms with E-state index in [0.717, 1.165) is 6.54 Å². The molecule has 0 saturated heterocycles. The highest BCUT2D eigenvalue weighted by Gasteiger charge is 2.03. The zero-order valence-corrected chi connectivity index (χ0v) is 10.1. The minimum atomic E-state index is 0.542. The molecule has 0 aromatic heterocycles. The van der Waals surface area contributed by atoms with Crippen molar-refractivity contribution >= 4 is 11.8 Å². The van der Waals surface area contributed by atoms with Gasteiger partial charge in [-0.05, 0) is 19.1 Å². The van der Waals surface area contributed by atoms with Gasteiger partial charge in [-0.2, -0.15) is 0 Å². The molecule has 80 valence electrons. The van der Waals surface area contributed by atoms with Crippen molar-refractivity contribution in [2.75, 3.05) is 13.1 Å². The Morgan fingerprint density at radius 1 is 1.53 bits per heavy atom. The maximum absolute atomic E-state index is 5.17. The second kappa shape index (κ2) is 6.55. The molecule has 1 rings (SSSR count). The molecule has 0 spiro atoms. The molecule has 0 amide bonds. The molecule has 1 atom stereocenters. The van der Waals surface area contributed by atoms with Gasteiger partial charge in [-0.3, -0.25) is 0 Å². The zero-order chi connectivity index (χ0) is 11.1. The van der Waals surface area contributed by atoms with E-state index in [1.165, 1.54) is 10.5 Å². The maximum atomic E-state index is 5.17. The largest absolute Gasteiger partial charge is 0.305 e. The molecule has 0 fully saturated rings. The molecule has 2 heteroatoms. The van der Waals surface area contributed by atoms with Crippen LogP contribution in [0.4, 0.5) is 0 Å². The summed E-state index contributed by atoms with van der Waals surface area (Å²) in [4.78, 5) is 1.32. The van der Waals surface area contributed by atoms with Crippen LogP contribution in [0.15, 0.2) is 29.2 Å². The third-order valence-corrected chi connectivity index (χ3v) is 3.08. The van der Waals surface area contributed by atoms with E-state index in [1.54, 1.807) is 0 Å². The van der Waals surface area contributed by atoms with Gasteiger partial charge in [0.05, 0.1) is 6.54 Å². The fourth-order valence-electron chi connectivity index (χ4n) is 1.31. The molecule has 0 aliphatic carbocycles. The topological polar surface area (TPSA) is 12.0 Å². The van der Waals surface area contributed by atoms with Crippen LogP contribution in [-0.4, -0.2) is 18.3 Å². The van der Waals surface area contributed by atoms with Gasteiger partial charge in [0.1, 0.15) is 0 Å². The molecule has 0 saturated carbocycles. The van der Waals surface area contributed by atoms with Gasteiger partial charge in [0.15, 0.2) is 0 Å². The van der Waals surface area contributed by atoms with Gasteiger partial charge in [0.2, 0.25) is 0 Å². The lowest BCUT2D eigenvalue weighted by Gasteiger charge is -2.11. The molecule has 1 nitrogen and oxygen atoms in total. The zero-order valence-electron chi connectivity index (χ0n) is 9.29. The molecule has 1 aromatic carbocycles. The summed E-state index contributed by atoms with van der Waals surface area (Å²) in [7, 11) is 0. The number of rotatable bonds is 5. The first-order valence-electron chi connectivity index (χ1n) is 5.10. The molecule has 0 aliphatic heterocycles. The molecule has 0 aliphatic rings. The Balaban J connectivity index is 2.38. The van der Waals surface area contributed by atoms with Crippen LogP contribution in [0.1, 0.15) is 12.5 Å². The first kappa shape index (κ1) is 12.2. The van der Waals surface area contributed by atoms with Crippen molar-refractivity contribution in [3.63, 3.8) is 0 Å². The quantitative estimate of drug-likeness (QED) is 0.464. The standard InChI is InChI=1S/C13H17NS/c1-4-8-14-10-12(3)15-13-7-5-6-11(2)9-13/h1,5-7,9,12,14H,8,10H2,2-3H3. The lowest BCUT2D eigenvalue weighted by Crippen LogP contribution is -2.22. The van der Waals surface area contributed by atoms with Gasteiger partial charge in [0, 0.05) is 16.7 Å². The van der Waals surface area contributed by atoms with E-state index in [0.29, 0.717) is 11.8 Å². The first-order valence-corrected chi connectivity index (χ1v) is 5.98. The van der Waals surface area contributed by atoms with E-state index in [2.05, 4.69) is 49.4 Å². The normalized spacial score (nSPS) is 12.1. The molecule has 0 bridgehead atoms. The van der Waals surface area contributed by atoms with Gasteiger partial charge < -0.3 is 5.32 Å². The molecule has 1 aromatic rings. The second-order valence-corrected chi connectivity index (χ2v) is 5.09. The van der Waals surface area contributed by atoms with Crippen LogP contribution in [0.3, 0.4) is 0 Å². The average Bonchev–Trinajstić information content (AvgIpc) is 2.18. The molecule has 0 radical (unpaired) electrons. The summed E-state index contributed by atoms with van der Waals surface area (Å²) in [5, 5.41) is 3.75. The van der Waals surface area contributed by atoms with Crippen LogP contribution < -0.4 is 5.32 Å². The second-order valence-electron chi connectivity index (χ2n) is 3.58. The lowest BCUT2D eigenvalue weighted by molar-refractivity contribution is 0.748. The van der Waals surface area contributed by atoms with Crippen LogP contribution in [0.5, 0.6) is 0 Å². The third-order valence-electron chi connectivity index (χ3n) is 1.99. The Kier molecular flexibility index (Phi) is 5.31. The highest BCUT2D eigenvalue weighted by atomic mass is 32.2. The number of hydrogen-bond donors (Lipinski definition) is 1. The van der Waals surface area contributed by atoms with E-state index in [4.69, 9.17) is 6.42 Å². The highest BCUT2D eigenvalue weighted by Crippen LogP contribution is 2.23. The van der Waals surface area contributed by atoms with Gasteiger partial charge in [0.25, 0.3) is 0 Å². The highest BCUT2D eigenvalue weighted by molar-refractivity contribution is 8.00. The molecule has 15 heavy (non-hydrogen) atoms. The van der Waals surface area contributed by atoms with Crippen molar-refractivity contribution in [1.29, 1.82) is 0 Å². The minimum absolute atomic E-state index is 0.542. The van der Waals surface area contributed by atoms with E-state index < -0.39 is 0 Å². The molecule has 1 N–H and O–H groups in total. The molecular weight excluding hydrogens is 202 g/mol. The molecule has 0 heterocycles. The van der Waals surface area contributed by atoms with Gasteiger partial charge in [-0.25, -0.2) is 0 Å². The Morgan fingerprint density at radius 3 is 3.00 bits per heavy atom. The summed E-state index contributed by atoms with van der Waals surface area (Å²) >= 11 is 1.88. The van der Waals surface area contributed by atoms with Crippen molar-refractivity contribution in [3.8, 4) is 12.3 Å². The summed E-state index contributed by atoms with van der Waals surface area (Å²) in [5.74, 6) is 2.58. The summed E-state index contributed by atoms with van der Waals surface area (Å²) in [5.41, 5.74) is 1.31. The van der Waals surface area contributed by atoms with Crippen LogP contribution in [0.25, 0.3) is 0 Å². The van der Waals surface area contributed by atoms with Gasteiger partial charge >= 0.3 is 0 Å². The fraction of sp³-hybridized carbons (Fsp3) is 0.385. The van der Waals surface area contributed by atoms with E-state index in [9.17, 15) is 0 Å². The summed E-state index contributed by atoms with van der Waals surface area (Å²) < 4.78 is 0. The third kappa shape index (κ3) is 4.92. The van der Waals surface area contributed by atoms with Gasteiger partial charge in [-0.15, -0.1) is 18.2 Å². The Hall–Kier alpha value is -0.910. The van der Waals surface area contributed by atoms with Crippen LogP contribution in [-0.2, 0) is 0 Å². The Labute approximate surface area is 96.7 Å². The number of thioether (sulfide) groups is 1.